The number of thiophene rings is 1. The summed E-state index contributed by atoms with van der Waals surface area (Å²) in [6.45, 7) is 0.164. The van der Waals surface area contributed by atoms with Crippen LogP contribution in [0.5, 0.6) is 11.5 Å². The van der Waals surface area contributed by atoms with Crippen LogP contribution < -0.4 is 14.2 Å². The zero-order valence-corrected chi connectivity index (χ0v) is 14.7. The van der Waals surface area contributed by atoms with Crippen LogP contribution in [0.4, 0.5) is 0 Å². The Labute approximate surface area is 144 Å². The molecule has 1 aliphatic rings. The molecule has 0 fully saturated rings. The second-order valence-corrected chi connectivity index (χ2v) is 8.85. The zero-order valence-electron chi connectivity index (χ0n) is 11.5. The van der Waals surface area contributed by atoms with Crippen LogP contribution in [0.2, 0.25) is 0 Å². The summed E-state index contributed by atoms with van der Waals surface area (Å²) >= 11 is 4.21. The molecule has 0 aliphatic carbocycles. The first-order valence-electron chi connectivity index (χ1n) is 6.34. The van der Waals surface area contributed by atoms with Gasteiger partial charge in [0, 0.05) is 6.08 Å². The van der Waals surface area contributed by atoms with E-state index in [2.05, 4.69) is 15.9 Å². The quantitative estimate of drug-likeness (QED) is 0.776. The molecule has 3 rings (SSSR count). The Bertz CT molecular complexity index is 888. The van der Waals surface area contributed by atoms with Gasteiger partial charge in [0.05, 0.1) is 3.79 Å². The Kier molecular flexibility index (Phi) is 4.42. The summed E-state index contributed by atoms with van der Waals surface area (Å²) < 4.78 is 37.2. The van der Waals surface area contributed by atoms with Crippen molar-refractivity contribution in [2.24, 2.45) is 0 Å². The number of amides is 1. The molecule has 0 bridgehead atoms. The molecule has 23 heavy (non-hydrogen) atoms. The van der Waals surface area contributed by atoms with E-state index in [9.17, 15) is 13.2 Å². The highest BCUT2D eigenvalue weighted by Gasteiger charge is 2.18. The number of rotatable bonds is 4. The fraction of sp³-hybridized carbons (Fsp3) is 0.0714. The van der Waals surface area contributed by atoms with Gasteiger partial charge in [-0.05, 0) is 51.8 Å². The molecule has 9 heteroatoms. The Morgan fingerprint density at radius 1 is 1.22 bits per heavy atom. The standard InChI is InChI=1S/C14H10BrNO5S2/c15-12-4-6-14(22-12)23(18,19)16-13(17)5-2-9-1-3-10-11(7-9)21-8-20-10/h1-7H,8H2,(H,16,17)/b5-2+. The molecular weight excluding hydrogens is 406 g/mol. The third-order valence-electron chi connectivity index (χ3n) is 2.87. The van der Waals surface area contributed by atoms with Gasteiger partial charge in [-0.25, -0.2) is 13.1 Å². The molecule has 2 aromatic rings. The van der Waals surface area contributed by atoms with Crippen LogP contribution in [-0.4, -0.2) is 21.1 Å². The largest absolute Gasteiger partial charge is 0.454 e. The van der Waals surface area contributed by atoms with E-state index in [4.69, 9.17) is 9.47 Å². The van der Waals surface area contributed by atoms with Crippen LogP contribution in [0.3, 0.4) is 0 Å². The van der Waals surface area contributed by atoms with E-state index in [0.29, 0.717) is 20.8 Å². The second kappa shape index (κ2) is 6.34. The number of hydrogen-bond acceptors (Lipinski definition) is 6. The number of carbonyl (C=O) groups is 1. The highest BCUT2D eigenvalue weighted by Crippen LogP contribution is 2.32. The van der Waals surface area contributed by atoms with E-state index in [1.54, 1.807) is 24.3 Å². The van der Waals surface area contributed by atoms with Crippen molar-refractivity contribution < 1.29 is 22.7 Å². The van der Waals surface area contributed by atoms with E-state index in [1.807, 2.05) is 4.72 Å². The van der Waals surface area contributed by atoms with Crippen molar-refractivity contribution in [1.29, 1.82) is 0 Å². The third-order valence-corrected chi connectivity index (χ3v) is 6.33. The van der Waals surface area contributed by atoms with Gasteiger partial charge in [0.1, 0.15) is 4.21 Å². The predicted molar refractivity (Wildman–Crippen MR) is 88.9 cm³/mol. The average Bonchev–Trinajstić information content (AvgIpc) is 3.13. The van der Waals surface area contributed by atoms with Crippen molar-refractivity contribution in [2.75, 3.05) is 6.79 Å². The molecule has 1 aromatic carbocycles. The maximum Gasteiger partial charge on any atom is 0.273 e. The van der Waals surface area contributed by atoms with Gasteiger partial charge in [-0.15, -0.1) is 11.3 Å². The summed E-state index contributed by atoms with van der Waals surface area (Å²) in [5.41, 5.74) is 0.695. The SMILES string of the molecule is O=C(/C=C/c1ccc2c(c1)OCO2)NS(=O)(=O)c1ccc(Br)s1. The van der Waals surface area contributed by atoms with Crippen molar-refractivity contribution in [2.45, 2.75) is 4.21 Å². The van der Waals surface area contributed by atoms with Crippen LogP contribution in [0, 0.1) is 0 Å². The molecule has 0 spiro atoms. The number of carbonyl (C=O) groups excluding carboxylic acids is 1. The maximum atomic E-state index is 12.0. The fourth-order valence-electron chi connectivity index (χ4n) is 1.85. The van der Waals surface area contributed by atoms with Crippen molar-refractivity contribution in [3.8, 4) is 11.5 Å². The Balaban J connectivity index is 1.69. The highest BCUT2D eigenvalue weighted by molar-refractivity contribution is 9.11. The van der Waals surface area contributed by atoms with Gasteiger partial charge in [-0.1, -0.05) is 6.07 Å². The zero-order chi connectivity index (χ0) is 16.4. The van der Waals surface area contributed by atoms with Gasteiger partial charge < -0.3 is 9.47 Å². The Morgan fingerprint density at radius 3 is 2.74 bits per heavy atom. The minimum Gasteiger partial charge on any atom is -0.454 e. The van der Waals surface area contributed by atoms with Gasteiger partial charge in [-0.2, -0.15) is 0 Å². The van der Waals surface area contributed by atoms with Crippen molar-refractivity contribution in [1.82, 2.24) is 4.72 Å². The number of ether oxygens (including phenoxy) is 2. The van der Waals surface area contributed by atoms with Crippen molar-refractivity contribution >= 4 is 49.3 Å². The lowest BCUT2D eigenvalue weighted by Gasteiger charge is -2.01. The molecule has 6 nitrogen and oxygen atoms in total. The van der Waals surface area contributed by atoms with E-state index in [0.717, 1.165) is 17.4 Å². The van der Waals surface area contributed by atoms with Gasteiger partial charge in [0.25, 0.3) is 15.9 Å². The fourth-order valence-corrected chi connectivity index (χ4v) is 4.80. The molecule has 0 saturated carbocycles. The first kappa shape index (κ1) is 16.0. The van der Waals surface area contributed by atoms with E-state index >= 15 is 0 Å². The number of nitrogens with one attached hydrogen (secondary N) is 1. The minimum atomic E-state index is -3.86. The monoisotopic (exact) mass is 415 g/mol. The lowest BCUT2D eigenvalue weighted by Crippen LogP contribution is -2.28. The van der Waals surface area contributed by atoms with Crippen molar-refractivity contribution in [3.63, 3.8) is 0 Å². The first-order valence-corrected chi connectivity index (χ1v) is 9.43. The summed E-state index contributed by atoms with van der Waals surface area (Å²) in [7, 11) is -3.86. The van der Waals surface area contributed by atoms with Crippen molar-refractivity contribution in [3.05, 3.63) is 45.8 Å². The number of benzene rings is 1. The summed E-state index contributed by atoms with van der Waals surface area (Å²) in [6.07, 6.45) is 2.65. The molecule has 0 radical (unpaired) electrons. The van der Waals surface area contributed by atoms with Gasteiger partial charge >= 0.3 is 0 Å². The van der Waals surface area contributed by atoms with Crippen LogP contribution in [-0.2, 0) is 14.8 Å². The molecule has 2 heterocycles. The van der Waals surface area contributed by atoms with Gasteiger partial charge in [0.15, 0.2) is 11.5 Å². The summed E-state index contributed by atoms with van der Waals surface area (Å²) in [5.74, 6) is 0.494. The molecule has 1 aromatic heterocycles. The summed E-state index contributed by atoms with van der Waals surface area (Å²) in [4.78, 5) is 11.8. The topological polar surface area (TPSA) is 81.7 Å². The minimum absolute atomic E-state index is 0.0641. The summed E-state index contributed by atoms with van der Waals surface area (Å²) in [6, 6.07) is 8.19. The Hall–Kier alpha value is -1.84. The molecule has 1 N–H and O–H groups in total. The molecular formula is C14H10BrNO5S2. The van der Waals surface area contributed by atoms with Crippen LogP contribution in [0.25, 0.3) is 6.08 Å². The number of hydrogen-bond donors (Lipinski definition) is 1. The average molecular weight is 416 g/mol. The molecule has 1 aliphatic heterocycles. The maximum absolute atomic E-state index is 12.0. The van der Waals surface area contributed by atoms with Crippen LogP contribution in [0.1, 0.15) is 5.56 Å². The smallest absolute Gasteiger partial charge is 0.273 e. The number of halogens is 1. The lowest BCUT2D eigenvalue weighted by molar-refractivity contribution is -0.114. The van der Waals surface area contributed by atoms with Gasteiger partial charge in [0.2, 0.25) is 6.79 Å². The summed E-state index contributed by atoms with van der Waals surface area (Å²) in [5, 5.41) is 0. The number of sulfonamides is 1. The molecule has 120 valence electrons. The van der Waals surface area contributed by atoms with E-state index in [1.165, 1.54) is 12.1 Å². The molecule has 0 saturated heterocycles. The highest BCUT2D eigenvalue weighted by atomic mass is 79.9. The molecule has 1 amide bonds. The number of fused-ring (bicyclic) bond motifs is 1. The van der Waals surface area contributed by atoms with Crippen LogP contribution >= 0.6 is 27.3 Å². The van der Waals surface area contributed by atoms with E-state index < -0.39 is 15.9 Å². The van der Waals surface area contributed by atoms with E-state index in [-0.39, 0.29) is 11.0 Å². The molecule has 0 unspecified atom stereocenters. The van der Waals surface area contributed by atoms with Crippen LogP contribution in [0.15, 0.2) is 44.4 Å². The normalized spacial score (nSPS) is 13.4. The first-order chi connectivity index (χ1) is 10.9. The third kappa shape index (κ3) is 3.74. The Morgan fingerprint density at radius 2 is 2.00 bits per heavy atom. The lowest BCUT2D eigenvalue weighted by atomic mass is 10.2. The van der Waals surface area contributed by atoms with Gasteiger partial charge in [-0.3, -0.25) is 4.79 Å². The predicted octanol–water partition coefficient (Wildman–Crippen LogP) is 2.76. The molecule has 0 atom stereocenters. The second-order valence-electron chi connectivity index (χ2n) is 4.47.